The lowest BCUT2D eigenvalue weighted by Gasteiger charge is -1.92. The Kier molecular flexibility index (Phi) is 7.67. The van der Waals surface area contributed by atoms with Crippen molar-refractivity contribution in [2.24, 2.45) is 5.92 Å². The molecule has 0 aliphatic carbocycles. The minimum absolute atomic E-state index is 0.357. The van der Waals surface area contributed by atoms with E-state index in [2.05, 4.69) is 35.5 Å². The summed E-state index contributed by atoms with van der Waals surface area (Å²) >= 11 is 0. The van der Waals surface area contributed by atoms with Crippen molar-refractivity contribution >= 4 is 17.3 Å². The molecule has 0 aliphatic heterocycles. The van der Waals surface area contributed by atoms with Crippen LogP contribution in [0.15, 0.2) is 0 Å². The number of rotatable bonds is 2. The van der Waals surface area contributed by atoms with Crippen molar-refractivity contribution in [3.63, 3.8) is 0 Å². The summed E-state index contributed by atoms with van der Waals surface area (Å²) in [5.41, 5.74) is 0. The third-order valence-corrected chi connectivity index (χ3v) is 1.77. The number of hydrogen-bond donors (Lipinski definition) is 0. The molecule has 0 saturated carbocycles. The van der Waals surface area contributed by atoms with Gasteiger partial charge in [-0.25, -0.2) is 0 Å². The minimum atomic E-state index is -0.890. The van der Waals surface area contributed by atoms with Crippen molar-refractivity contribution in [1.82, 2.24) is 0 Å². The minimum Gasteiger partial charge on any atom is -0.283 e. The van der Waals surface area contributed by atoms with Crippen LogP contribution in [0.3, 0.4) is 0 Å². The van der Waals surface area contributed by atoms with Crippen LogP contribution >= 0.6 is 0 Å². The molecule has 3 heteroatoms. The van der Waals surface area contributed by atoms with E-state index in [0.29, 0.717) is 12.8 Å². The molecule has 0 aromatic carbocycles. The van der Waals surface area contributed by atoms with Crippen molar-refractivity contribution in [2.45, 2.75) is 33.6 Å². The third kappa shape index (κ3) is 6.31. The number of hydrogen-bond acceptors (Lipinski definition) is 3. The van der Waals surface area contributed by atoms with Gasteiger partial charge in [0.05, 0.1) is 5.92 Å². The fourth-order valence-electron chi connectivity index (χ4n) is 0.805. The molecule has 1 atom stereocenters. The van der Waals surface area contributed by atoms with Crippen LogP contribution in [-0.4, -0.2) is 17.3 Å². The Balaban J connectivity index is 4.63. The molecule has 0 aromatic heterocycles. The van der Waals surface area contributed by atoms with E-state index in [9.17, 15) is 14.4 Å². The topological polar surface area (TPSA) is 51.2 Å². The molecule has 0 amide bonds. The normalized spacial score (nSPS) is 9.50. The van der Waals surface area contributed by atoms with Crippen molar-refractivity contribution in [3.8, 4) is 35.5 Å². The van der Waals surface area contributed by atoms with Gasteiger partial charge < -0.3 is 0 Å². The SMILES string of the molecule is CCC#CC(=O)C(=O)C#CC(C)C(=O)C#CCC. The number of Topliss-reactive ketones (excluding diaryl/α,β-unsaturated/α-hetero) is 3. The van der Waals surface area contributed by atoms with Crippen molar-refractivity contribution in [2.75, 3.05) is 0 Å². The van der Waals surface area contributed by atoms with Gasteiger partial charge in [-0.05, 0) is 24.7 Å². The van der Waals surface area contributed by atoms with Crippen LogP contribution in [0.5, 0.6) is 0 Å². The second-order valence-corrected chi connectivity index (χ2v) is 3.32. The maximum atomic E-state index is 11.4. The third-order valence-electron chi connectivity index (χ3n) is 1.77. The fourth-order valence-corrected chi connectivity index (χ4v) is 0.805. The predicted octanol–water partition coefficient (Wildman–Crippen LogP) is 1.16. The first-order chi connectivity index (χ1) is 8.52. The second-order valence-electron chi connectivity index (χ2n) is 3.32. The largest absolute Gasteiger partial charge is 0.284 e. The lowest BCUT2D eigenvalue weighted by atomic mass is 10.1. The van der Waals surface area contributed by atoms with Gasteiger partial charge in [0.15, 0.2) is 0 Å². The molecular formula is C15H14O3. The van der Waals surface area contributed by atoms with E-state index in [0.717, 1.165) is 0 Å². The summed E-state index contributed by atoms with van der Waals surface area (Å²) in [4.78, 5) is 33.7. The standard InChI is InChI=1S/C15H14O3/c1-4-6-8-13(16)12(3)10-11-15(18)14(17)9-7-5-2/h12H,4-5H2,1-3H3. The van der Waals surface area contributed by atoms with Crippen LogP contribution in [0.2, 0.25) is 0 Å². The first kappa shape index (κ1) is 15.7. The molecule has 18 heavy (non-hydrogen) atoms. The van der Waals surface area contributed by atoms with Gasteiger partial charge in [-0.2, -0.15) is 0 Å². The predicted molar refractivity (Wildman–Crippen MR) is 68.1 cm³/mol. The molecule has 0 fully saturated rings. The molecule has 0 saturated heterocycles. The Morgan fingerprint density at radius 2 is 1.39 bits per heavy atom. The molecule has 92 valence electrons. The van der Waals surface area contributed by atoms with Gasteiger partial charge in [0.25, 0.3) is 11.6 Å². The van der Waals surface area contributed by atoms with Gasteiger partial charge in [0.2, 0.25) is 5.78 Å². The summed E-state index contributed by atoms with van der Waals surface area (Å²) < 4.78 is 0. The van der Waals surface area contributed by atoms with E-state index in [1.165, 1.54) is 6.92 Å². The molecule has 1 unspecified atom stereocenters. The summed E-state index contributed by atoms with van der Waals surface area (Å²) in [6.45, 7) is 5.13. The Morgan fingerprint density at radius 3 is 1.94 bits per heavy atom. The highest BCUT2D eigenvalue weighted by molar-refractivity contribution is 6.49. The average Bonchev–Trinajstić information content (AvgIpc) is 2.38. The van der Waals surface area contributed by atoms with E-state index in [-0.39, 0.29) is 5.78 Å². The van der Waals surface area contributed by atoms with Gasteiger partial charge in [-0.3, -0.25) is 14.4 Å². The highest BCUT2D eigenvalue weighted by Crippen LogP contribution is 1.93. The molecule has 3 nitrogen and oxygen atoms in total. The van der Waals surface area contributed by atoms with Crippen LogP contribution in [0.1, 0.15) is 33.6 Å². The molecule has 0 rings (SSSR count). The number of ketones is 3. The van der Waals surface area contributed by atoms with E-state index in [4.69, 9.17) is 0 Å². The Hall–Kier alpha value is -2.31. The molecule has 0 radical (unpaired) electrons. The molecule has 0 heterocycles. The zero-order valence-corrected chi connectivity index (χ0v) is 10.7. The van der Waals surface area contributed by atoms with Crippen LogP contribution < -0.4 is 0 Å². The van der Waals surface area contributed by atoms with Gasteiger partial charge in [-0.1, -0.05) is 31.6 Å². The summed E-state index contributed by atoms with van der Waals surface area (Å²) in [5.74, 6) is 11.4. The number of carbonyl (C=O) groups excluding carboxylic acids is 3. The molecular weight excluding hydrogens is 228 g/mol. The fraction of sp³-hybridized carbons (Fsp3) is 0.400. The van der Waals surface area contributed by atoms with Gasteiger partial charge in [-0.15, -0.1) is 0 Å². The van der Waals surface area contributed by atoms with Crippen LogP contribution in [0.25, 0.3) is 0 Å². The highest BCUT2D eigenvalue weighted by Gasteiger charge is 2.09. The molecule has 0 bridgehead atoms. The van der Waals surface area contributed by atoms with E-state index in [1.807, 2.05) is 6.92 Å². The summed E-state index contributed by atoms with van der Waals surface area (Å²) in [5, 5.41) is 0. The quantitative estimate of drug-likeness (QED) is 0.415. The highest BCUT2D eigenvalue weighted by atomic mass is 16.2. The van der Waals surface area contributed by atoms with Crippen molar-refractivity contribution in [1.29, 1.82) is 0 Å². The van der Waals surface area contributed by atoms with E-state index >= 15 is 0 Å². The van der Waals surface area contributed by atoms with Crippen LogP contribution in [-0.2, 0) is 14.4 Å². The first-order valence-electron chi connectivity index (χ1n) is 5.64. The molecule has 0 N–H and O–H groups in total. The number of carbonyl (C=O) groups is 3. The molecule has 0 spiro atoms. The maximum absolute atomic E-state index is 11.4. The average molecular weight is 242 g/mol. The van der Waals surface area contributed by atoms with Gasteiger partial charge in [0, 0.05) is 12.8 Å². The molecule has 0 aromatic rings. The van der Waals surface area contributed by atoms with E-state index in [1.54, 1.807) is 6.92 Å². The first-order valence-corrected chi connectivity index (χ1v) is 5.64. The summed E-state index contributed by atoms with van der Waals surface area (Å²) in [6, 6.07) is 0. The lowest BCUT2D eigenvalue weighted by Crippen LogP contribution is -2.11. The summed E-state index contributed by atoms with van der Waals surface area (Å²) in [6.07, 6.45) is 1.07. The monoisotopic (exact) mass is 242 g/mol. The second kappa shape index (κ2) is 8.80. The van der Waals surface area contributed by atoms with Crippen LogP contribution in [0.4, 0.5) is 0 Å². The zero-order valence-electron chi connectivity index (χ0n) is 10.7. The molecule has 0 aliphatic rings. The van der Waals surface area contributed by atoms with Crippen molar-refractivity contribution in [3.05, 3.63) is 0 Å². The van der Waals surface area contributed by atoms with Crippen LogP contribution in [0, 0.1) is 41.4 Å². The lowest BCUT2D eigenvalue weighted by molar-refractivity contribution is -0.129. The Bertz CT molecular complexity index is 521. The maximum Gasteiger partial charge on any atom is 0.284 e. The van der Waals surface area contributed by atoms with Gasteiger partial charge >= 0.3 is 0 Å². The zero-order chi connectivity index (χ0) is 14.0. The summed E-state index contributed by atoms with van der Waals surface area (Å²) in [7, 11) is 0. The Labute approximate surface area is 107 Å². The smallest absolute Gasteiger partial charge is 0.283 e. The van der Waals surface area contributed by atoms with Gasteiger partial charge in [0.1, 0.15) is 0 Å². The van der Waals surface area contributed by atoms with Crippen molar-refractivity contribution < 1.29 is 14.4 Å². The van der Waals surface area contributed by atoms with E-state index < -0.39 is 17.5 Å². The Morgan fingerprint density at radius 1 is 0.889 bits per heavy atom.